The highest BCUT2D eigenvalue weighted by Gasteiger charge is 2.61. The van der Waals surface area contributed by atoms with Gasteiger partial charge >= 0.3 is 0 Å². The molecule has 186 valence electrons. The Kier molecular flexibility index (Phi) is 7.55. The first-order valence-corrected chi connectivity index (χ1v) is 12.2. The summed E-state index contributed by atoms with van der Waals surface area (Å²) in [6.07, 6.45) is 3.38. The molecule has 0 radical (unpaired) electrons. The molecule has 0 aliphatic carbocycles. The third-order valence-corrected chi connectivity index (χ3v) is 6.55. The lowest BCUT2D eigenvalue weighted by Gasteiger charge is -2.33. The molecule has 0 saturated carbocycles. The van der Waals surface area contributed by atoms with Crippen LogP contribution in [0.2, 0.25) is 0 Å². The van der Waals surface area contributed by atoms with E-state index in [2.05, 4.69) is 29.5 Å². The van der Waals surface area contributed by atoms with Crippen LogP contribution >= 0.6 is 0 Å². The topological polar surface area (TPSA) is 146 Å². The van der Waals surface area contributed by atoms with E-state index in [9.17, 15) is 14.4 Å². The summed E-state index contributed by atoms with van der Waals surface area (Å²) in [7, 11) is 0. The van der Waals surface area contributed by atoms with Crippen molar-refractivity contribution in [3.8, 4) is 0 Å². The van der Waals surface area contributed by atoms with Crippen LogP contribution in [-0.2, 0) is 14.4 Å². The average Bonchev–Trinajstić information content (AvgIpc) is 3.12. The molecule has 6 N–H and O–H groups in total. The third-order valence-electron chi connectivity index (χ3n) is 6.55. The fourth-order valence-electron chi connectivity index (χ4n) is 5.27. The van der Waals surface area contributed by atoms with Crippen LogP contribution in [0, 0.1) is 5.92 Å². The van der Waals surface area contributed by atoms with Crippen molar-refractivity contribution in [2.24, 2.45) is 22.4 Å². The molecular weight excluding hydrogens is 422 g/mol. The molecule has 5 atom stereocenters. The number of nitrogens with zero attached hydrogens (tertiary/aromatic N) is 3. The van der Waals surface area contributed by atoms with Crippen LogP contribution in [-0.4, -0.2) is 82.3 Å². The molecule has 3 heterocycles. The molecule has 10 nitrogen and oxygen atoms in total. The van der Waals surface area contributed by atoms with E-state index in [1.807, 2.05) is 30.6 Å². The predicted molar refractivity (Wildman–Crippen MR) is 127 cm³/mol. The minimum atomic E-state index is -0.641. The predicted octanol–water partition coefficient (Wildman–Crippen LogP) is -0.0884. The second kappa shape index (κ2) is 9.87. The van der Waals surface area contributed by atoms with Crippen molar-refractivity contribution in [1.29, 1.82) is 0 Å². The summed E-state index contributed by atoms with van der Waals surface area (Å²) in [6.45, 7) is 11.2. The van der Waals surface area contributed by atoms with E-state index in [0.717, 1.165) is 12.8 Å². The van der Waals surface area contributed by atoms with Crippen molar-refractivity contribution in [2.45, 2.75) is 102 Å². The highest BCUT2D eigenvalue weighted by molar-refractivity contribution is 5.95. The van der Waals surface area contributed by atoms with Crippen molar-refractivity contribution in [2.75, 3.05) is 13.1 Å². The van der Waals surface area contributed by atoms with Gasteiger partial charge < -0.3 is 27.0 Å². The van der Waals surface area contributed by atoms with Gasteiger partial charge in [-0.15, -0.1) is 0 Å². The quantitative estimate of drug-likeness (QED) is 0.180. The lowest BCUT2D eigenvalue weighted by molar-refractivity contribution is -0.134. The van der Waals surface area contributed by atoms with E-state index in [0.29, 0.717) is 38.3 Å². The summed E-state index contributed by atoms with van der Waals surface area (Å²) in [5.74, 6) is -0.00367. The molecule has 0 bridgehead atoms. The Bertz CT molecular complexity index is 787. The summed E-state index contributed by atoms with van der Waals surface area (Å²) in [4.78, 5) is 48.2. The van der Waals surface area contributed by atoms with Gasteiger partial charge in [-0.1, -0.05) is 13.8 Å². The third kappa shape index (κ3) is 5.96. The summed E-state index contributed by atoms with van der Waals surface area (Å²) in [5, 5.41) is 6.10. The zero-order valence-electron chi connectivity index (χ0n) is 20.6. The number of carbonyl (C=O) groups excluding carboxylic acids is 3. The molecule has 3 amide bonds. The Balaban J connectivity index is 1.91. The molecule has 3 rings (SSSR count). The maximum absolute atomic E-state index is 13.6. The van der Waals surface area contributed by atoms with Crippen LogP contribution in [0.25, 0.3) is 0 Å². The Labute approximate surface area is 196 Å². The minimum Gasteiger partial charge on any atom is -0.370 e. The second-order valence-corrected chi connectivity index (χ2v) is 11.0. The van der Waals surface area contributed by atoms with Crippen molar-refractivity contribution in [3.63, 3.8) is 0 Å². The van der Waals surface area contributed by atoms with E-state index in [-0.39, 0.29) is 35.8 Å². The Morgan fingerprint density at radius 3 is 2.58 bits per heavy atom. The first kappa shape index (κ1) is 25.3. The molecule has 33 heavy (non-hydrogen) atoms. The molecule has 3 aliphatic rings. The summed E-state index contributed by atoms with van der Waals surface area (Å²) >= 11 is 0. The highest BCUT2D eigenvalue weighted by Crippen LogP contribution is 2.41. The largest absolute Gasteiger partial charge is 0.370 e. The van der Waals surface area contributed by atoms with Gasteiger partial charge in [0, 0.05) is 12.1 Å². The SMILES string of the molecule is CC(C)CC1C2C(C(=O)NC(C)(C)C)N3CCCC3C(=O)NC(CCCN=C(N)N)C(=O)N12. The van der Waals surface area contributed by atoms with E-state index < -0.39 is 23.7 Å². The monoisotopic (exact) mass is 463 g/mol. The smallest absolute Gasteiger partial charge is 0.245 e. The van der Waals surface area contributed by atoms with Gasteiger partial charge in [-0.25, -0.2) is 0 Å². The average molecular weight is 464 g/mol. The molecule has 0 spiro atoms. The second-order valence-electron chi connectivity index (χ2n) is 11.0. The molecule has 10 heteroatoms. The lowest BCUT2D eigenvalue weighted by atomic mass is 9.99. The summed E-state index contributed by atoms with van der Waals surface area (Å²) in [5.41, 5.74) is 10.4. The van der Waals surface area contributed by atoms with Crippen LogP contribution in [0.5, 0.6) is 0 Å². The fourth-order valence-corrected chi connectivity index (χ4v) is 5.27. The van der Waals surface area contributed by atoms with E-state index in [1.165, 1.54) is 0 Å². The number of amides is 3. The first-order valence-electron chi connectivity index (χ1n) is 12.2. The first-order chi connectivity index (χ1) is 15.4. The van der Waals surface area contributed by atoms with Crippen LogP contribution < -0.4 is 22.1 Å². The van der Waals surface area contributed by atoms with E-state index >= 15 is 0 Å². The molecule has 3 fully saturated rings. The van der Waals surface area contributed by atoms with Crippen molar-refractivity contribution in [3.05, 3.63) is 0 Å². The van der Waals surface area contributed by atoms with Crippen molar-refractivity contribution >= 4 is 23.7 Å². The number of fused-ring (bicyclic) bond motifs is 2. The zero-order valence-corrected chi connectivity index (χ0v) is 20.6. The number of nitrogens with two attached hydrogens (primary N) is 2. The molecule has 0 aromatic rings. The number of rotatable bonds is 7. The van der Waals surface area contributed by atoms with Gasteiger partial charge in [-0.3, -0.25) is 24.3 Å². The Hall–Kier alpha value is -2.36. The standard InChI is InChI=1S/C23H41N7O3/c1-13(2)12-16-17-18(20(32)28-23(3,4)5)29-11-7-9-15(29)19(31)27-14(21(33)30(16)17)8-6-10-26-22(24)25/h13-18H,6-12H2,1-5H3,(H,27,31)(H,28,32)(H4,24,25,26). The van der Waals surface area contributed by atoms with Gasteiger partial charge in [0.1, 0.15) is 12.1 Å². The van der Waals surface area contributed by atoms with Gasteiger partial charge in [0.05, 0.1) is 18.1 Å². The van der Waals surface area contributed by atoms with Crippen LogP contribution in [0.1, 0.15) is 66.7 Å². The summed E-state index contributed by atoms with van der Waals surface area (Å²) < 4.78 is 0. The number of aliphatic imine (C=N–C) groups is 1. The van der Waals surface area contributed by atoms with Gasteiger partial charge in [0.25, 0.3) is 0 Å². The maximum Gasteiger partial charge on any atom is 0.245 e. The zero-order chi connectivity index (χ0) is 24.5. The van der Waals surface area contributed by atoms with Crippen molar-refractivity contribution < 1.29 is 14.4 Å². The van der Waals surface area contributed by atoms with Gasteiger partial charge in [-0.05, 0) is 65.3 Å². The van der Waals surface area contributed by atoms with Crippen LogP contribution in [0.15, 0.2) is 4.99 Å². The number of carbonyl (C=O) groups is 3. The summed E-state index contributed by atoms with van der Waals surface area (Å²) in [6, 6.07) is -1.82. The minimum absolute atomic E-state index is 0.00956. The van der Waals surface area contributed by atoms with Crippen molar-refractivity contribution in [1.82, 2.24) is 20.4 Å². The molecule has 5 unspecified atom stereocenters. The van der Waals surface area contributed by atoms with Gasteiger partial charge in [0.15, 0.2) is 5.96 Å². The normalized spacial score (nSPS) is 30.0. The molecular formula is C23H41N7O3. The number of hydrogen-bond donors (Lipinski definition) is 4. The highest BCUT2D eigenvalue weighted by atomic mass is 16.2. The Morgan fingerprint density at radius 2 is 1.97 bits per heavy atom. The van der Waals surface area contributed by atoms with Crippen LogP contribution in [0.3, 0.4) is 0 Å². The van der Waals surface area contributed by atoms with Gasteiger partial charge in [-0.2, -0.15) is 0 Å². The number of hydrogen-bond acceptors (Lipinski definition) is 5. The molecule has 0 aromatic heterocycles. The molecule has 3 saturated heterocycles. The molecule has 3 aliphatic heterocycles. The number of nitrogens with one attached hydrogen (secondary N) is 2. The van der Waals surface area contributed by atoms with Gasteiger partial charge in [0.2, 0.25) is 17.7 Å². The lowest BCUT2D eigenvalue weighted by Crippen LogP contribution is -2.58. The van der Waals surface area contributed by atoms with Crippen LogP contribution in [0.4, 0.5) is 0 Å². The Morgan fingerprint density at radius 1 is 1.27 bits per heavy atom. The maximum atomic E-state index is 13.6. The van der Waals surface area contributed by atoms with E-state index in [4.69, 9.17) is 11.5 Å². The van der Waals surface area contributed by atoms with E-state index in [1.54, 1.807) is 0 Å². The number of guanidine groups is 1. The molecule has 0 aromatic carbocycles. The fraction of sp³-hybridized carbons (Fsp3) is 0.826.